The molecule has 2 rings (SSSR count). The van der Waals surface area contributed by atoms with Gasteiger partial charge in [-0.05, 0) is 38.5 Å². The van der Waals surface area contributed by atoms with Crippen molar-refractivity contribution >= 4 is 0 Å². The van der Waals surface area contributed by atoms with Crippen LogP contribution >= 0.6 is 0 Å². The van der Waals surface area contributed by atoms with Gasteiger partial charge in [0.1, 0.15) is 0 Å². The van der Waals surface area contributed by atoms with E-state index in [0.29, 0.717) is 17.7 Å². The van der Waals surface area contributed by atoms with Crippen molar-refractivity contribution in [3.05, 3.63) is 0 Å². The Kier molecular flexibility index (Phi) is 4.26. The molecule has 1 saturated heterocycles. The average Bonchev–Trinajstić information content (AvgIpc) is 2.92. The first-order valence-corrected chi connectivity index (χ1v) is 7.19. The maximum absolute atomic E-state index is 6.29. The van der Waals surface area contributed by atoms with Crippen LogP contribution in [0.2, 0.25) is 0 Å². The SMILES string of the molecule is CCC(CC)NCC1CCC2(CCCC2)O1. The molecule has 0 aromatic heterocycles. The van der Waals surface area contributed by atoms with Gasteiger partial charge in [0.2, 0.25) is 0 Å². The zero-order valence-corrected chi connectivity index (χ0v) is 10.9. The molecule has 2 aliphatic rings. The summed E-state index contributed by atoms with van der Waals surface area (Å²) in [7, 11) is 0. The van der Waals surface area contributed by atoms with Gasteiger partial charge in [-0.2, -0.15) is 0 Å². The Labute approximate surface area is 100 Å². The summed E-state index contributed by atoms with van der Waals surface area (Å²) in [6.45, 7) is 5.58. The largest absolute Gasteiger partial charge is 0.370 e. The Bertz CT molecular complexity index is 207. The quantitative estimate of drug-likeness (QED) is 0.775. The van der Waals surface area contributed by atoms with Crippen LogP contribution in [0.3, 0.4) is 0 Å². The van der Waals surface area contributed by atoms with Gasteiger partial charge in [0, 0.05) is 12.6 Å². The van der Waals surface area contributed by atoms with Gasteiger partial charge in [0.05, 0.1) is 11.7 Å². The zero-order chi connectivity index (χ0) is 11.4. The van der Waals surface area contributed by atoms with Crippen molar-refractivity contribution in [1.82, 2.24) is 5.32 Å². The van der Waals surface area contributed by atoms with Gasteiger partial charge in [0.15, 0.2) is 0 Å². The fraction of sp³-hybridized carbons (Fsp3) is 1.00. The maximum atomic E-state index is 6.29. The van der Waals surface area contributed by atoms with E-state index in [0.717, 1.165) is 6.54 Å². The predicted octanol–water partition coefficient (Wildman–Crippen LogP) is 3.26. The summed E-state index contributed by atoms with van der Waals surface area (Å²) in [5.41, 5.74) is 0.306. The van der Waals surface area contributed by atoms with Crippen molar-refractivity contribution in [3.63, 3.8) is 0 Å². The lowest BCUT2D eigenvalue weighted by Crippen LogP contribution is -2.36. The Morgan fingerprint density at radius 1 is 1.19 bits per heavy atom. The molecule has 0 aromatic rings. The fourth-order valence-corrected chi connectivity index (χ4v) is 3.30. The van der Waals surface area contributed by atoms with Crippen LogP contribution in [0.4, 0.5) is 0 Å². The first-order valence-electron chi connectivity index (χ1n) is 7.19. The summed E-state index contributed by atoms with van der Waals surface area (Å²) in [4.78, 5) is 0. The van der Waals surface area contributed by atoms with Crippen LogP contribution in [-0.2, 0) is 4.74 Å². The van der Waals surface area contributed by atoms with E-state index in [9.17, 15) is 0 Å². The molecular formula is C14H27NO. The second-order valence-electron chi connectivity index (χ2n) is 5.59. The van der Waals surface area contributed by atoms with Crippen LogP contribution < -0.4 is 5.32 Å². The molecule has 2 fully saturated rings. The molecule has 16 heavy (non-hydrogen) atoms. The van der Waals surface area contributed by atoms with Gasteiger partial charge in [-0.15, -0.1) is 0 Å². The minimum Gasteiger partial charge on any atom is -0.370 e. The Balaban J connectivity index is 1.72. The molecule has 1 aliphatic carbocycles. The molecule has 1 heterocycles. The molecule has 1 saturated carbocycles. The first-order chi connectivity index (χ1) is 7.78. The third-order valence-electron chi connectivity index (χ3n) is 4.47. The predicted molar refractivity (Wildman–Crippen MR) is 67.7 cm³/mol. The van der Waals surface area contributed by atoms with Gasteiger partial charge in [0.25, 0.3) is 0 Å². The number of ether oxygens (including phenoxy) is 1. The third-order valence-corrected chi connectivity index (χ3v) is 4.47. The van der Waals surface area contributed by atoms with Crippen LogP contribution in [-0.4, -0.2) is 24.3 Å². The van der Waals surface area contributed by atoms with Crippen LogP contribution in [0.25, 0.3) is 0 Å². The zero-order valence-electron chi connectivity index (χ0n) is 10.9. The van der Waals surface area contributed by atoms with Crippen molar-refractivity contribution in [2.45, 2.75) is 83.0 Å². The smallest absolute Gasteiger partial charge is 0.0708 e. The summed E-state index contributed by atoms with van der Waals surface area (Å²) >= 11 is 0. The van der Waals surface area contributed by atoms with Gasteiger partial charge in [-0.3, -0.25) is 0 Å². The molecule has 1 atom stereocenters. The van der Waals surface area contributed by atoms with Crippen molar-refractivity contribution in [2.75, 3.05) is 6.54 Å². The van der Waals surface area contributed by atoms with Crippen LogP contribution in [0.15, 0.2) is 0 Å². The molecule has 2 nitrogen and oxygen atoms in total. The Morgan fingerprint density at radius 3 is 2.50 bits per heavy atom. The Morgan fingerprint density at radius 2 is 1.88 bits per heavy atom. The molecule has 0 aromatic carbocycles. The molecule has 0 amide bonds. The second kappa shape index (κ2) is 5.50. The molecule has 1 N–H and O–H groups in total. The molecular weight excluding hydrogens is 198 g/mol. The minimum atomic E-state index is 0.306. The van der Waals surface area contributed by atoms with Crippen molar-refractivity contribution in [2.24, 2.45) is 0 Å². The molecule has 0 bridgehead atoms. The highest BCUT2D eigenvalue weighted by atomic mass is 16.5. The van der Waals surface area contributed by atoms with E-state index in [-0.39, 0.29) is 0 Å². The van der Waals surface area contributed by atoms with Gasteiger partial charge >= 0.3 is 0 Å². The van der Waals surface area contributed by atoms with Crippen LogP contribution in [0.5, 0.6) is 0 Å². The highest BCUT2D eigenvalue weighted by molar-refractivity contribution is 4.93. The van der Waals surface area contributed by atoms with E-state index in [1.165, 1.54) is 51.4 Å². The molecule has 94 valence electrons. The van der Waals surface area contributed by atoms with E-state index in [2.05, 4.69) is 19.2 Å². The summed E-state index contributed by atoms with van der Waals surface area (Å²) < 4.78 is 6.29. The van der Waals surface area contributed by atoms with E-state index in [1.54, 1.807) is 0 Å². The van der Waals surface area contributed by atoms with E-state index < -0.39 is 0 Å². The van der Waals surface area contributed by atoms with Crippen molar-refractivity contribution in [1.29, 1.82) is 0 Å². The van der Waals surface area contributed by atoms with Crippen LogP contribution in [0, 0.1) is 0 Å². The van der Waals surface area contributed by atoms with Crippen molar-refractivity contribution < 1.29 is 4.74 Å². The lowest BCUT2D eigenvalue weighted by molar-refractivity contribution is -0.0359. The summed E-state index contributed by atoms with van der Waals surface area (Å²) in [6, 6.07) is 0.684. The first kappa shape index (κ1) is 12.4. The fourth-order valence-electron chi connectivity index (χ4n) is 3.30. The summed E-state index contributed by atoms with van der Waals surface area (Å²) in [5, 5.41) is 3.64. The average molecular weight is 225 g/mol. The van der Waals surface area contributed by atoms with E-state index >= 15 is 0 Å². The topological polar surface area (TPSA) is 21.3 Å². The molecule has 2 heteroatoms. The standard InChI is InChI=1S/C14H27NO/c1-3-12(4-2)15-11-13-7-10-14(16-13)8-5-6-9-14/h12-13,15H,3-11H2,1-2H3. The number of hydrogen-bond donors (Lipinski definition) is 1. The summed E-state index contributed by atoms with van der Waals surface area (Å²) in [5.74, 6) is 0. The number of rotatable bonds is 5. The van der Waals surface area contributed by atoms with Gasteiger partial charge < -0.3 is 10.1 Å². The minimum absolute atomic E-state index is 0.306. The van der Waals surface area contributed by atoms with Crippen LogP contribution in [0.1, 0.15) is 65.2 Å². The van der Waals surface area contributed by atoms with E-state index in [4.69, 9.17) is 4.74 Å². The maximum Gasteiger partial charge on any atom is 0.0708 e. The van der Waals surface area contributed by atoms with Gasteiger partial charge in [-0.1, -0.05) is 26.7 Å². The third kappa shape index (κ3) is 2.78. The molecule has 1 spiro atoms. The summed E-state index contributed by atoms with van der Waals surface area (Å²) in [6.07, 6.45) is 10.9. The number of hydrogen-bond acceptors (Lipinski definition) is 2. The van der Waals surface area contributed by atoms with E-state index in [1.807, 2.05) is 0 Å². The second-order valence-corrected chi connectivity index (χ2v) is 5.59. The molecule has 1 aliphatic heterocycles. The molecule has 0 radical (unpaired) electrons. The number of nitrogens with one attached hydrogen (secondary N) is 1. The monoisotopic (exact) mass is 225 g/mol. The lowest BCUT2D eigenvalue weighted by atomic mass is 9.98. The highest BCUT2D eigenvalue weighted by Gasteiger charge is 2.41. The molecule has 1 unspecified atom stereocenters. The highest BCUT2D eigenvalue weighted by Crippen LogP contribution is 2.43. The lowest BCUT2D eigenvalue weighted by Gasteiger charge is -2.25. The van der Waals surface area contributed by atoms with Crippen molar-refractivity contribution in [3.8, 4) is 0 Å². The Hall–Kier alpha value is -0.0800. The van der Waals surface area contributed by atoms with Gasteiger partial charge in [-0.25, -0.2) is 0 Å². The normalized spacial score (nSPS) is 28.3.